The van der Waals surface area contributed by atoms with Crippen molar-refractivity contribution in [1.82, 2.24) is 9.97 Å². The molecule has 0 fully saturated rings. The van der Waals surface area contributed by atoms with Crippen LogP contribution in [-0.4, -0.2) is 40.3 Å². The number of hydrogen-bond donors (Lipinski definition) is 2. The van der Waals surface area contributed by atoms with Crippen molar-refractivity contribution in [2.24, 2.45) is 10.3 Å². The van der Waals surface area contributed by atoms with E-state index in [2.05, 4.69) is 15.3 Å². The number of fused-ring (bicyclic) bond motifs is 2. The number of aryl methyl sites for hydroxylation is 2. The number of nitrogens with zero attached hydrogens (tertiary/aromatic N) is 4. The Morgan fingerprint density at radius 2 is 2.06 bits per heavy atom. The van der Waals surface area contributed by atoms with E-state index in [1.54, 1.807) is 18.2 Å². The third kappa shape index (κ3) is 5.51. The van der Waals surface area contributed by atoms with Crippen molar-refractivity contribution in [3.05, 3.63) is 70.3 Å². The smallest absolute Gasteiger partial charge is 0.164 e. The van der Waals surface area contributed by atoms with Gasteiger partial charge in [-0.1, -0.05) is 16.4 Å². The van der Waals surface area contributed by atoms with Crippen LogP contribution in [0.3, 0.4) is 0 Å². The summed E-state index contributed by atoms with van der Waals surface area (Å²) in [7, 11) is 1.52. The van der Waals surface area contributed by atoms with Gasteiger partial charge in [-0.2, -0.15) is 5.23 Å². The zero-order chi connectivity index (χ0) is 23.2. The van der Waals surface area contributed by atoms with Gasteiger partial charge in [0.2, 0.25) is 0 Å². The number of benzene rings is 1. The molecule has 1 aromatic carbocycles. The molecule has 0 amide bonds. The zero-order valence-corrected chi connectivity index (χ0v) is 18.7. The van der Waals surface area contributed by atoms with Crippen molar-refractivity contribution in [2.45, 2.75) is 39.0 Å². The van der Waals surface area contributed by atoms with Crippen LogP contribution in [0.2, 0.25) is 0 Å². The third-order valence-corrected chi connectivity index (χ3v) is 5.52. The summed E-state index contributed by atoms with van der Waals surface area (Å²) in [5, 5.41) is 28.7. The average molecular weight is 450 g/mol. The summed E-state index contributed by atoms with van der Waals surface area (Å²) in [5.74, 6) is 0. The Morgan fingerprint density at radius 3 is 2.88 bits per heavy atom. The number of aromatic nitrogens is 2. The second-order valence-electron chi connectivity index (χ2n) is 7.91. The van der Waals surface area contributed by atoms with Gasteiger partial charge in [-0.05, 0) is 68.9 Å². The van der Waals surface area contributed by atoms with Gasteiger partial charge in [-0.3, -0.25) is 4.98 Å². The maximum atomic E-state index is 11.3. The quantitative estimate of drug-likeness (QED) is 0.310. The topological polar surface area (TPSA) is 117 Å². The van der Waals surface area contributed by atoms with Crippen LogP contribution in [0.15, 0.2) is 52.8 Å². The number of pyridine rings is 2. The second kappa shape index (κ2) is 10.5. The Bertz CT molecular complexity index is 1190. The molecule has 3 aromatic rings. The fraction of sp³-hybridized carbons (Fsp3) is 0.333. The summed E-state index contributed by atoms with van der Waals surface area (Å²) in [6.07, 6.45) is 4.21. The molecule has 2 aromatic heterocycles. The minimum absolute atomic E-state index is 0.262. The summed E-state index contributed by atoms with van der Waals surface area (Å²) in [6, 6.07) is 12.9. The molecule has 0 saturated carbocycles. The summed E-state index contributed by atoms with van der Waals surface area (Å²) in [4.78, 5) is 19.8. The molecular weight excluding hydrogens is 422 g/mol. The lowest BCUT2D eigenvalue weighted by molar-refractivity contribution is -0.991. The Balaban J connectivity index is 1.39. The van der Waals surface area contributed by atoms with Crippen molar-refractivity contribution >= 4 is 28.0 Å². The first kappa shape index (κ1) is 22.8. The molecular formula is C24H27N5O4. The first-order valence-electron chi connectivity index (χ1n) is 11.0. The lowest BCUT2D eigenvalue weighted by atomic mass is 9.93. The predicted molar refractivity (Wildman–Crippen MR) is 125 cm³/mol. The van der Waals surface area contributed by atoms with Crippen LogP contribution in [-0.2, 0) is 22.5 Å². The fourth-order valence-corrected chi connectivity index (χ4v) is 3.89. The van der Waals surface area contributed by atoms with E-state index < -0.39 is 5.23 Å². The van der Waals surface area contributed by atoms with Crippen LogP contribution < -0.4 is 5.23 Å². The first-order valence-corrected chi connectivity index (χ1v) is 11.0. The molecule has 2 heterocycles. The molecule has 33 heavy (non-hydrogen) atoms. The molecule has 1 atom stereocenters. The fourth-order valence-electron chi connectivity index (χ4n) is 3.89. The Kier molecular flexibility index (Phi) is 7.23. The van der Waals surface area contributed by atoms with Gasteiger partial charge in [0.1, 0.15) is 25.1 Å². The van der Waals surface area contributed by atoms with Crippen LogP contribution in [0.25, 0.3) is 10.9 Å². The Morgan fingerprint density at radius 1 is 1.18 bits per heavy atom. The monoisotopic (exact) mass is 449 g/mol. The minimum atomic E-state index is -0.939. The van der Waals surface area contributed by atoms with E-state index in [1.165, 1.54) is 7.11 Å². The molecule has 0 spiro atoms. The van der Waals surface area contributed by atoms with Gasteiger partial charge in [0.15, 0.2) is 5.69 Å². The molecule has 4 rings (SSSR count). The number of oxime groups is 2. The van der Waals surface area contributed by atoms with Gasteiger partial charge in [0.25, 0.3) is 0 Å². The highest BCUT2D eigenvalue weighted by molar-refractivity contribution is 6.02. The summed E-state index contributed by atoms with van der Waals surface area (Å²) in [5.41, 5.74) is 6.27. The molecule has 9 heteroatoms. The predicted octanol–water partition coefficient (Wildman–Crippen LogP) is 3.09. The molecule has 1 unspecified atom stereocenters. The van der Waals surface area contributed by atoms with Crippen LogP contribution in [0.4, 0.5) is 5.69 Å². The highest BCUT2D eigenvalue weighted by atomic mass is 16.8. The van der Waals surface area contributed by atoms with Gasteiger partial charge in [0, 0.05) is 23.2 Å². The van der Waals surface area contributed by atoms with Gasteiger partial charge in [0.05, 0.1) is 16.9 Å². The van der Waals surface area contributed by atoms with Gasteiger partial charge < -0.3 is 14.9 Å². The lowest BCUT2D eigenvalue weighted by Gasteiger charge is -2.18. The largest absolute Gasteiger partial charge is 0.595 e. The number of hydrogen-bond acceptors (Lipinski definition) is 8. The molecule has 2 N–H and O–H groups in total. The van der Waals surface area contributed by atoms with E-state index >= 15 is 0 Å². The highest BCUT2D eigenvalue weighted by Crippen LogP contribution is 2.25. The highest BCUT2D eigenvalue weighted by Gasteiger charge is 2.19. The molecule has 0 aliphatic heterocycles. The summed E-state index contributed by atoms with van der Waals surface area (Å²) >= 11 is 0. The normalized spacial score (nSPS) is 16.0. The minimum Gasteiger partial charge on any atom is -0.595 e. The van der Waals surface area contributed by atoms with Crippen LogP contribution in [0.1, 0.15) is 48.8 Å². The number of quaternary nitrogens is 1. The zero-order valence-electron chi connectivity index (χ0n) is 18.7. The second-order valence-corrected chi connectivity index (χ2v) is 7.91. The van der Waals surface area contributed by atoms with Crippen LogP contribution in [0, 0.1) is 5.21 Å². The molecule has 9 nitrogen and oxygen atoms in total. The lowest BCUT2D eigenvalue weighted by Crippen LogP contribution is -2.99. The standard InChI is InChI=1S/C24H27N5O4/c1-16(27-32-2)21-9-4-7-19(25-21)8-5-13-33-28-23-10-3-6-17-14-18-15-20(29(30)31)11-12-22(18)26-24(17)23/h4,7,9,11-12,14-15,29-30H,3,5-6,8,10,13H2,1-2H3/b27-16+,28-23+. The average Bonchev–Trinajstić information content (AvgIpc) is 2.82. The van der Waals surface area contributed by atoms with E-state index in [4.69, 9.17) is 14.7 Å². The van der Waals surface area contributed by atoms with Crippen molar-refractivity contribution in [3.63, 3.8) is 0 Å². The number of nitrogens with one attached hydrogen (secondary N) is 1. The van der Waals surface area contributed by atoms with Gasteiger partial charge >= 0.3 is 0 Å². The van der Waals surface area contributed by atoms with E-state index in [0.717, 1.165) is 77.1 Å². The van der Waals surface area contributed by atoms with E-state index in [0.29, 0.717) is 6.61 Å². The van der Waals surface area contributed by atoms with Crippen molar-refractivity contribution < 1.29 is 20.1 Å². The van der Waals surface area contributed by atoms with Crippen molar-refractivity contribution in [3.8, 4) is 0 Å². The SMILES string of the molecule is CO/N=C(\C)c1cccc(CCCO/N=C2\CCCc3cc4cc([NH+]([O-])O)ccc4nc32)n1. The maximum absolute atomic E-state index is 11.3. The molecule has 1 aliphatic carbocycles. The van der Waals surface area contributed by atoms with E-state index in [1.807, 2.05) is 31.2 Å². The molecule has 0 saturated heterocycles. The Hall–Kier alpha value is -3.40. The van der Waals surface area contributed by atoms with Gasteiger partial charge in [-0.25, -0.2) is 10.2 Å². The van der Waals surface area contributed by atoms with Crippen molar-refractivity contribution in [2.75, 3.05) is 13.7 Å². The van der Waals surface area contributed by atoms with Crippen LogP contribution in [0.5, 0.6) is 0 Å². The number of rotatable bonds is 8. The molecule has 0 bridgehead atoms. The van der Waals surface area contributed by atoms with Gasteiger partial charge in [-0.15, -0.1) is 0 Å². The van der Waals surface area contributed by atoms with E-state index in [-0.39, 0.29) is 5.69 Å². The molecule has 0 radical (unpaired) electrons. The third-order valence-electron chi connectivity index (χ3n) is 5.52. The Labute approximate surface area is 191 Å². The first-order chi connectivity index (χ1) is 16.0. The molecule has 1 aliphatic rings. The van der Waals surface area contributed by atoms with E-state index in [9.17, 15) is 10.4 Å². The van der Waals surface area contributed by atoms with Crippen molar-refractivity contribution in [1.29, 1.82) is 0 Å². The maximum Gasteiger partial charge on any atom is 0.164 e. The molecule has 172 valence electrons. The summed E-state index contributed by atoms with van der Waals surface area (Å²) in [6.45, 7) is 2.34. The summed E-state index contributed by atoms with van der Waals surface area (Å²) < 4.78 is 0. The van der Waals surface area contributed by atoms with Crippen LogP contribution >= 0.6 is 0 Å².